The van der Waals surface area contributed by atoms with Gasteiger partial charge in [0.15, 0.2) is 0 Å². The molecule has 1 saturated heterocycles. The molecular weight excluding hydrogens is 222 g/mol. The van der Waals surface area contributed by atoms with Crippen molar-refractivity contribution in [2.45, 2.75) is 19.8 Å². The van der Waals surface area contributed by atoms with Gasteiger partial charge in [-0.15, -0.1) is 11.3 Å². The predicted molar refractivity (Wildman–Crippen MR) is 52.4 cm³/mol. The highest BCUT2D eigenvalue weighted by Gasteiger charge is 2.46. The van der Waals surface area contributed by atoms with E-state index in [-0.39, 0.29) is 5.91 Å². The van der Waals surface area contributed by atoms with E-state index in [0.29, 0.717) is 10.6 Å². The fraction of sp³-hybridized carbons (Fsp3) is 0.556. The number of aryl methyl sites for hydroxylation is 2. The molecule has 2 rings (SSSR count). The third-order valence-corrected chi connectivity index (χ3v) is 3.29. The molecule has 82 valence electrons. The zero-order valence-electron chi connectivity index (χ0n) is 8.38. The fourth-order valence-corrected chi connectivity index (χ4v) is 2.42. The summed E-state index contributed by atoms with van der Waals surface area (Å²) in [5.74, 6) is -3.03. The summed E-state index contributed by atoms with van der Waals surface area (Å²) in [7, 11) is 0. The van der Waals surface area contributed by atoms with Crippen LogP contribution in [-0.4, -0.2) is 34.8 Å². The van der Waals surface area contributed by atoms with E-state index in [4.69, 9.17) is 0 Å². The number of alkyl halides is 2. The van der Waals surface area contributed by atoms with E-state index in [1.54, 1.807) is 13.8 Å². The molecule has 0 aliphatic carbocycles. The SMILES string of the molecule is Cc1nc(C)c(C(=O)N2CC(F)(F)C2)s1. The van der Waals surface area contributed by atoms with Gasteiger partial charge in [0.1, 0.15) is 4.88 Å². The molecule has 2 heterocycles. The lowest BCUT2D eigenvalue weighted by atomic mass is 10.1. The Hall–Kier alpha value is -1.04. The summed E-state index contributed by atoms with van der Waals surface area (Å²) < 4.78 is 25.1. The highest BCUT2D eigenvalue weighted by Crippen LogP contribution is 2.30. The number of halogens is 2. The first-order valence-electron chi connectivity index (χ1n) is 4.50. The molecule has 1 aliphatic rings. The van der Waals surface area contributed by atoms with Gasteiger partial charge in [0, 0.05) is 0 Å². The van der Waals surface area contributed by atoms with E-state index in [2.05, 4.69) is 4.98 Å². The minimum atomic E-state index is -2.71. The summed E-state index contributed by atoms with van der Waals surface area (Å²) in [5.41, 5.74) is 0.623. The molecule has 0 aromatic carbocycles. The maximum absolute atomic E-state index is 12.6. The van der Waals surface area contributed by atoms with Crippen molar-refractivity contribution < 1.29 is 13.6 Å². The smallest absolute Gasteiger partial charge is 0.282 e. The Balaban J connectivity index is 2.13. The number of carbonyl (C=O) groups excluding carboxylic acids is 1. The van der Waals surface area contributed by atoms with Gasteiger partial charge in [-0.25, -0.2) is 13.8 Å². The maximum Gasteiger partial charge on any atom is 0.282 e. The second-order valence-electron chi connectivity index (χ2n) is 3.66. The van der Waals surface area contributed by atoms with E-state index in [1.807, 2.05) is 0 Å². The number of hydrogen-bond acceptors (Lipinski definition) is 3. The lowest BCUT2D eigenvalue weighted by molar-refractivity contribution is -0.112. The van der Waals surface area contributed by atoms with Gasteiger partial charge in [-0.05, 0) is 13.8 Å². The van der Waals surface area contributed by atoms with Crippen molar-refractivity contribution in [1.29, 1.82) is 0 Å². The fourth-order valence-electron chi connectivity index (χ4n) is 1.53. The molecule has 0 radical (unpaired) electrons. The minimum Gasteiger partial charge on any atom is -0.326 e. The van der Waals surface area contributed by atoms with Gasteiger partial charge in [-0.1, -0.05) is 0 Å². The molecule has 1 fully saturated rings. The highest BCUT2D eigenvalue weighted by atomic mass is 32.1. The number of amides is 1. The summed E-state index contributed by atoms with van der Waals surface area (Å²) >= 11 is 1.25. The Labute approximate surface area is 89.7 Å². The highest BCUT2D eigenvalue weighted by molar-refractivity contribution is 7.13. The zero-order chi connectivity index (χ0) is 11.2. The second kappa shape index (κ2) is 3.23. The molecule has 0 saturated carbocycles. The molecule has 1 aromatic rings. The van der Waals surface area contributed by atoms with Crippen LogP contribution in [0.3, 0.4) is 0 Å². The molecule has 15 heavy (non-hydrogen) atoms. The standard InChI is InChI=1S/C9H10F2N2OS/c1-5-7(15-6(2)12-5)8(14)13-3-9(10,11)4-13/h3-4H2,1-2H3. The first-order valence-corrected chi connectivity index (χ1v) is 5.32. The van der Waals surface area contributed by atoms with E-state index in [1.165, 1.54) is 11.3 Å². The lowest BCUT2D eigenvalue weighted by Gasteiger charge is -2.38. The van der Waals surface area contributed by atoms with Crippen LogP contribution < -0.4 is 0 Å². The molecule has 1 aromatic heterocycles. The van der Waals surface area contributed by atoms with Crippen LogP contribution in [0.2, 0.25) is 0 Å². The van der Waals surface area contributed by atoms with E-state index < -0.39 is 19.0 Å². The van der Waals surface area contributed by atoms with E-state index in [0.717, 1.165) is 9.91 Å². The number of hydrogen-bond donors (Lipinski definition) is 0. The maximum atomic E-state index is 12.6. The van der Waals surface area contributed by atoms with Crippen molar-refractivity contribution in [2.75, 3.05) is 13.1 Å². The van der Waals surface area contributed by atoms with E-state index >= 15 is 0 Å². The van der Waals surface area contributed by atoms with Crippen molar-refractivity contribution in [2.24, 2.45) is 0 Å². The number of likely N-dealkylation sites (tertiary alicyclic amines) is 1. The molecule has 0 N–H and O–H groups in total. The Kier molecular flexibility index (Phi) is 2.26. The first-order chi connectivity index (χ1) is 6.89. The van der Waals surface area contributed by atoms with Crippen molar-refractivity contribution in [1.82, 2.24) is 9.88 Å². The minimum absolute atomic E-state index is 0.330. The number of nitrogens with zero attached hydrogens (tertiary/aromatic N) is 2. The number of aromatic nitrogens is 1. The molecule has 1 amide bonds. The van der Waals surface area contributed by atoms with Crippen molar-refractivity contribution >= 4 is 17.2 Å². The van der Waals surface area contributed by atoms with Gasteiger partial charge >= 0.3 is 0 Å². The first kappa shape index (κ1) is 10.5. The number of thiazole rings is 1. The summed E-state index contributed by atoms with van der Waals surface area (Å²) in [6.07, 6.45) is 0. The van der Waals surface area contributed by atoms with Crippen LogP contribution in [0.4, 0.5) is 8.78 Å². The number of carbonyl (C=O) groups is 1. The van der Waals surface area contributed by atoms with Crippen molar-refractivity contribution in [3.63, 3.8) is 0 Å². The molecule has 0 unspecified atom stereocenters. The average molecular weight is 232 g/mol. The van der Waals surface area contributed by atoms with Crippen LogP contribution in [0.25, 0.3) is 0 Å². The predicted octanol–water partition coefficient (Wildman–Crippen LogP) is 1.85. The molecule has 0 spiro atoms. The molecule has 0 atom stereocenters. The van der Waals surface area contributed by atoms with Gasteiger partial charge in [0.25, 0.3) is 11.8 Å². The van der Waals surface area contributed by atoms with Crippen LogP contribution in [0.1, 0.15) is 20.4 Å². The summed E-state index contributed by atoms with van der Waals surface area (Å²) in [6.45, 7) is 2.57. The third kappa shape index (κ3) is 1.86. The Bertz CT molecular complexity index is 408. The van der Waals surface area contributed by atoms with Crippen molar-refractivity contribution in [3.8, 4) is 0 Å². The van der Waals surface area contributed by atoms with Gasteiger partial charge < -0.3 is 4.90 Å². The Morgan fingerprint density at radius 3 is 2.47 bits per heavy atom. The van der Waals surface area contributed by atoms with Gasteiger partial charge in [-0.2, -0.15) is 0 Å². The van der Waals surface area contributed by atoms with Crippen molar-refractivity contribution in [3.05, 3.63) is 15.6 Å². The lowest BCUT2D eigenvalue weighted by Crippen LogP contribution is -2.58. The number of rotatable bonds is 1. The summed E-state index contributed by atoms with van der Waals surface area (Å²) in [4.78, 5) is 17.4. The largest absolute Gasteiger partial charge is 0.326 e. The Morgan fingerprint density at radius 1 is 1.47 bits per heavy atom. The third-order valence-electron chi connectivity index (χ3n) is 2.23. The van der Waals surface area contributed by atoms with E-state index in [9.17, 15) is 13.6 Å². The Morgan fingerprint density at radius 2 is 2.07 bits per heavy atom. The van der Waals surface area contributed by atoms with Crippen LogP contribution in [0, 0.1) is 13.8 Å². The summed E-state index contributed by atoms with van der Waals surface area (Å²) in [6, 6.07) is 0. The zero-order valence-corrected chi connectivity index (χ0v) is 9.20. The van der Waals surface area contributed by atoms with Gasteiger partial charge in [-0.3, -0.25) is 4.79 Å². The molecule has 6 heteroatoms. The topological polar surface area (TPSA) is 33.2 Å². The van der Waals surface area contributed by atoms with Gasteiger partial charge in [0.2, 0.25) is 0 Å². The molecule has 1 aliphatic heterocycles. The summed E-state index contributed by atoms with van der Waals surface area (Å²) in [5, 5.41) is 0.781. The normalized spacial score (nSPS) is 18.8. The van der Waals surface area contributed by atoms with Crippen LogP contribution in [0.5, 0.6) is 0 Å². The monoisotopic (exact) mass is 232 g/mol. The molecule has 0 bridgehead atoms. The second-order valence-corrected chi connectivity index (χ2v) is 4.87. The van der Waals surface area contributed by atoms with Crippen LogP contribution in [0.15, 0.2) is 0 Å². The van der Waals surface area contributed by atoms with Crippen LogP contribution in [-0.2, 0) is 0 Å². The molecule has 3 nitrogen and oxygen atoms in total. The quantitative estimate of drug-likeness (QED) is 0.740. The average Bonchev–Trinajstić information content (AvgIpc) is 2.40. The van der Waals surface area contributed by atoms with Gasteiger partial charge in [0.05, 0.1) is 23.8 Å². The molecular formula is C9H10F2N2OS. The van der Waals surface area contributed by atoms with Crippen LogP contribution >= 0.6 is 11.3 Å².